The quantitative estimate of drug-likeness (QED) is 0.855. The van der Waals surface area contributed by atoms with Crippen LogP contribution in [0.5, 0.6) is 0 Å². The second-order valence-electron chi connectivity index (χ2n) is 5.18. The van der Waals surface area contributed by atoms with Gasteiger partial charge in [-0.15, -0.1) is 0 Å². The largest absolute Gasteiger partial charge is 0.459 e. The highest BCUT2D eigenvalue weighted by Gasteiger charge is 2.23. The van der Waals surface area contributed by atoms with Crippen LogP contribution in [0.2, 0.25) is 0 Å². The number of carbonyl (C=O) groups excluding carboxylic acids is 1. The van der Waals surface area contributed by atoms with Crippen LogP contribution >= 0.6 is 15.9 Å². The molecule has 5 heteroatoms. The Kier molecular flexibility index (Phi) is 4.41. The summed E-state index contributed by atoms with van der Waals surface area (Å²) >= 11 is 3.50. The zero-order chi connectivity index (χ0) is 14.7. The Labute approximate surface area is 132 Å². The summed E-state index contributed by atoms with van der Waals surface area (Å²) in [4.78, 5) is 16.4. The first-order valence-corrected chi connectivity index (χ1v) is 7.81. The highest BCUT2D eigenvalue weighted by Crippen LogP contribution is 2.15. The van der Waals surface area contributed by atoms with E-state index in [1.54, 1.807) is 12.1 Å². The van der Waals surface area contributed by atoms with Crippen LogP contribution in [0.1, 0.15) is 16.1 Å². The zero-order valence-electron chi connectivity index (χ0n) is 11.7. The Bertz CT molecular complexity index is 604. The normalized spacial score (nSPS) is 16.1. The molecule has 1 fully saturated rings. The second kappa shape index (κ2) is 6.45. The number of furan rings is 1. The molecule has 0 spiro atoms. The number of nitrogens with zero attached hydrogens (tertiary/aromatic N) is 2. The minimum atomic E-state index is -0.0119. The molecule has 2 aromatic rings. The van der Waals surface area contributed by atoms with Crippen molar-refractivity contribution in [3.05, 3.63) is 58.5 Å². The first-order valence-electron chi connectivity index (χ1n) is 7.02. The van der Waals surface area contributed by atoms with Crippen molar-refractivity contribution in [3.63, 3.8) is 0 Å². The Balaban J connectivity index is 1.54. The molecule has 2 heterocycles. The molecule has 1 amide bonds. The topological polar surface area (TPSA) is 36.7 Å². The Morgan fingerprint density at radius 1 is 1.14 bits per heavy atom. The van der Waals surface area contributed by atoms with Gasteiger partial charge in [-0.3, -0.25) is 9.69 Å². The molecule has 0 radical (unpaired) electrons. The van der Waals surface area contributed by atoms with Gasteiger partial charge in [0, 0.05) is 37.2 Å². The summed E-state index contributed by atoms with van der Waals surface area (Å²) in [5.41, 5.74) is 1.29. The zero-order valence-corrected chi connectivity index (χ0v) is 13.3. The number of halogens is 1. The number of hydrogen-bond donors (Lipinski definition) is 0. The minimum absolute atomic E-state index is 0.0119. The fourth-order valence-electron chi connectivity index (χ4n) is 2.56. The molecular formula is C16H17BrN2O2. The van der Waals surface area contributed by atoms with Crippen LogP contribution in [-0.2, 0) is 6.54 Å². The maximum atomic E-state index is 12.2. The predicted octanol–water partition coefficient (Wildman–Crippen LogP) is 3.00. The SMILES string of the molecule is O=C(c1ccco1)N1CCN(Cc2cccc(Br)c2)CC1. The molecule has 21 heavy (non-hydrogen) atoms. The fraction of sp³-hybridized carbons (Fsp3) is 0.312. The summed E-state index contributed by atoms with van der Waals surface area (Å²) in [6.45, 7) is 4.18. The number of rotatable bonds is 3. The van der Waals surface area contributed by atoms with E-state index in [1.165, 1.54) is 11.8 Å². The number of hydrogen-bond acceptors (Lipinski definition) is 3. The lowest BCUT2D eigenvalue weighted by atomic mass is 10.2. The Hall–Kier alpha value is -1.59. The van der Waals surface area contributed by atoms with Gasteiger partial charge in [0.25, 0.3) is 5.91 Å². The fourth-order valence-corrected chi connectivity index (χ4v) is 3.01. The van der Waals surface area contributed by atoms with Crippen molar-refractivity contribution in [2.75, 3.05) is 26.2 Å². The lowest BCUT2D eigenvalue weighted by Gasteiger charge is -2.34. The summed E-state index contributed by atoms with van der Waals surface area (Å²) in [6.07, 6.45) is 1.54. The van der Waals surface area contributed by atoms with Crippen molar-refractivity contribution in [2.24, 2.45) is 0 Å². The smallest absolute Gasteiger partial charge is 0.289 e. The summed E-state index contributed by atoms with van der Waals surface area (Å²) in [7, 11) is 0. The average Bonchev–Trinajstić information content (AvgIpc) is 3.01. The van der Waals surface area contributed by atoms with Gasteiger partial charge in [-0.25, -0.2) is 0 Å². The van der Waals surface area contributed by atoms with Crippen LogP contribution in [0.25, 0.3) is 0 Å². The highest BCUT2D eigenvalue weighted by atomic mass is 79.9. The molecule has 4 nitrogen and oxygen atoms in total. The first-order chi connectivity index (χ1) is 10.2. The predicted molar refractivity (Wildman–Crippen MR) is 84.0 cm³/mol. The van der Waals surface area contributed by atoms with Gasteiger partial charge in [-0.1, -0.05) is 28.1 Å². The Morgan fingerprint density at radius 2 is 1.95 bits per heavy atom. The summed E-state index contributed by atoms with van der Waals surface area (Å²) in [5.74, 6) is 0.414. The Morgan fingerprint density at radius 3 is 2.62 bits per heavy atom. The summed E-state index contributed by atoms with van der Waals surface area (Å²) in [5, 5.41) is 0. The highest BCUT2D eigenvalue weighted by molar-refractivity contribution is 9.10. The number of amides is 1. The molecule has 0 N–H and O–H groups in total. The van der Waals surface area contributed by atoms with E-state index in [9.17, 15) is 4.79 Å². The molecular weight excluding hydrogens is 332 g/mol. The molecule has 0 aliphatic carbocycles. The monoisotopic (exact) mass is 348 g/mol. The molecule has 1 saturated heterocycles. The molecule has 1 aliphatic heterocycles. The maximum absolute atomic E-state index is 12.2. The van der Waals surface area contributed by atoms with Gasteiger partial charge < -0.3 is 9.32 Å². The lowest BCUT2D eigenvalue weighted by Crippen LogP contribution is -2.48. The molecule has 0 bridgehead atoms. The van der Waals surface area contributed by atoms with E-state index in [1.807, 2.05) is 11.0 Å². The third kappa shape index (κ3) is 3.54. The lowest BCUT2D eigenvalue weighted by molar-refractivity contribution is 0.0598. The van der Waals surface area contributed by atoms with Crippen molar-refractivity contribution in [1.29, 1.82) is 0 Å². The van der Waals surface area contributed by atoms with Crippen molar-refractivity contribution in [1.82, 2.24) is 9.80 Å². The van der Waals surface area contributed by atoms with Gasteiger partial charge in [0.05, 0.1) is 6.26 Å². The number of carbonyl (C=O) groups is 1. The third-order valence-electron chi connectivity index (χ3n) is 3.69. The van der Waals surface area contributed by atoms with E-state index in [-0.39, 0.29) is 5.91 Å². The van der Waals surface area contributed by atoms with Gasteiger partial charge in [-0.2, -0.15) is 0 Å². The van der Waals surface area contributed by atoms with Gasteiger partial charge in [0.1, 0.15) is 0 Å². The van der Waals surface area contributed by atoms with E-state index in [0.717, 1.165) is 37.2 Å². The van der Waals surface area contributed by atoms with Crippen molar-refractivity contribution < 1.29 is 9.21 Å². The van der Waals surface area contributed by atoms with Crippen molar-refractivity contribution >= 4 is 21.8 Å². The van der Waals surface area contributed by atoms with Crippen LogP contribution in [0.15, 0.2) is 51.6 Å². The van der Waals surface area contributed by atoms with Gasteiger partial charge >= 0.3 is 0 Å². The molecule has 1 aromatic carbocycles. The van der Waals surface area contributed by atoms with E-state index in [2.05, 4.69) is 39.0 Å². The van der Waals surface area contributed by atoms with Crippen LogP contribution in [-0.4, -0.2) is 41.9 Å². The number of benzene rings is 1. The van der Waals surface area contributed by atoms with Crippen LogP contribution in [0.4, 0.5) is 0 Å². The third-order valence-corrected chi connectivity index (χ3v) is 4.18. The van der Waals surface area contributed by atoms with Gasteiger partial charge in [-0.05, 0) is 29.8 Å². The second-order valence-corrected chi connectivity index (χ2v) is 6.09. The minimum Gasteiger partial charge on any atom is -0.459 e. The van der Waals surface area contributed by atoms with Crippen molar-refractivity contribution in [2.45, 2.75) is 6.54 Å². The van der Waals surface area contributed by atoms with E-state index >= 15 is 0 Å². The standard InChI is InChI=1S/C16H17BrN2O2/c17-14-4-1-3-13(11-14)12-18-6-8-19(9-7-18)16(20)15-5-2-10-21-15/h1-5,10-11H,6-9,12H2. The van der Waals surface area contributed by atoms with E-state index < -0.39 is 0 Å². The molecule has 0 atom stereocenters. The van der Waals surface area contributed by atoms with E-state index in [4.69, 9.17) is 4.42 Å². The summed E-state index contributed by atoms with van der Waals surface area (Å²) < 4.78 is 6.28. The van der Waals surface area contributed by atoms with Crippen LogP contribution in [0.3, 0.4) is 0 Å². The summed E-state index contributed by atoms with van der Waals surface area (Å²) in [6, 6.07) is 11.8. The maximum Gasteiger partial charge on any atom is 0.289 e. The molecule has 110 valence electrons. The van der Waals surface area contributed by atoms with Gasteiger partial charge in [0.15, 0.2) is 5.76 Å². The van der Waals surface area contributed by atoms with Crippen LogP contribution < -0.4 is 0 Å². The molecule has 1 aliphatic rings. The molecule has 3 rings (SSSR count). The molecule has 0 saturated carbocycles. The number of piperazine rings is 1. The first kappa shape index (κ1) is 14.4. The average molecular weight is 349 g/mol. The molecule has 0 unspecified atom stereocenters. The van der Waals surface area contributed by atoms with E-state index in [0.29, 0.717) is 5.76 Å². The van der Waals surface area contributed by atoms with Crippen LogP contribution in [0, 0.1) is 0 Å². The van der Waals surface area contributed by atoms with Crippen molar-refractivity contribution in [3.8, 4) is 0 Å². The molecule has 1 aromatic heterocycles. The van der Waals surface area contributed by atoms with Gasteiger partial charge in [0.2, 0.25) is 0 Å².